The monoisotopic (exact) mass is 297 g/mol. The Morgan fingerprint density at radius 1 is 1.27 bits per heavy atom. The molecule has 2 aromatic rings. The standard InChI is InChI=1S/C17H19N3O2/c1-19-10-11(12-5-2-3-6-14(12)19)9-13-17(22)20-8-4-7-15(20)16(21)18-13/h2-3,5-6,10,13,15H,4,7-9H2,1H3,(H,18,21)/t13-,15-/m0/s1. The molecule has 22 heavy (non-hydrogen) atoms. The van der Waals surface area contributed by atoms with Crippen molar-refractivity contribution in [2.75, 3.05) is 6.54 Å². The summed E-state index contributed by atoms with van der Waals surface area (Å²) in [6.07, 6.45) is 4.32. The number of carbonyl (C=O) groups is 2. The largest absolute Gasteiger partial charge is 0.350 e. The SMILES string of the molecule is Cn1cc(C[C@@H]2NC(=O)[C@@H]3CCCN3C2=O)c2ccccc21. The normalized spacial score (nSPS) is 24.7. The van der Waals surface area contributed by atoms with Gasteiger partial charge in [-0.1, -0.05) is 18.2 Å². The van der Waals surface area contributed by atoms with Crippen LogP contribution in [-0.2, 0) is 23.1 Å². The summed E-state index contributed by atoms with van der Waals surface area (Å²) in [4.78, 5) is 26.5. The van der Waals surface area contributed by atoms with E-state index in [9.17, 15) is 9.59 Å². The van der Waals surface area contributed by atoms with Crippen LogP contribution in [0.3, 0.4) is 0 Å². The van der Waals surface area contributed by atoms with Crippen molar-refractivity contribution in [3.05, 3.63) is 36.0 Å². The highest BCUT2D eigenvalue weighted by Crippen LogP contribution is 2.26. The van der Waals surface area contributed by atoms with Crippen LogP contribution in [0.25, 0.3) is 10.9 Å². The summed E-state index contributed by atoms with van der Waals surface area (Å²) in [6.45, 7) is 0.711. The molecule has 2 aliphatic heterocycles. The van der Waals surface area contributed by atoms with Gasteiger partial charge >= 0.3 is 0 Å². The molecule has 1 aromatic carbocycles. The maximum atomic E-state index is 12.6. The maximum Gasteiger partial charge on any atom is 0.246 e. The zero-order valence-electron chi connectivity index (χ0n) is 12.6. The zero-order chi connectivity index (χ0) is 15.3. The molecular weight excluding hydrogens is 278 g/mol. The van der Waals surface area contributed by atoms with E-state index < -0.39 is 6.04 Å². The molecule has 2 amide bonds. The van der Waals surface area contributed by atoms with Gasteiger partial charge in [0.1, 0.15) is 12.1 Å². The Kier molecular flexibility index (Phi) is 2.96. The molecule has 5 nitrogen and oxygen atoms in total. The van der Waals surface area contributed by atoms with Crippen LogP contribution in [0.1, 0.15) is 18.4 Å². The number of hydrogen-bond donors (Lipinski definition) is 1. The molecule has 0 bridgehead atoms. The molecular formula is C17H19N3O2. The molecule has 2 fully saturated rings. The Hall–Kier alpha value is -2.30. The van der Waals surface area contributed by atoms with Crippen molar-refractivity contribution in [3.63, 3.8) is 0 Å². The number of fused-ring (bicyclic) bond motifs is 2. The first kappa shape index (κ1) is 13.4. The van der Waals surface area contributed by atoms with Crippen LogP contribution in [0, 0.1) is 0 Å². The van der Waals surface area contributed by atoms with Gasteiger partial charge in [-0.25, -0.2) is 0 Å². The Bertz CT molecular complexity index is 764. The van der Waals surface area contributed by atoms with Crippen molar-refractivity contribution in [1.82, 2.24) is 14.8 Å². The number of rotatable bonds is 2. The number of nitrogens with one attached hydrogen (secondary N) is 1. The van der Waals surface area contributed by atoms with E-state index in [4.69, 9.17) is 0 Å². The van der Waals surface area contributed by atoms with E-state index in [1.165, 1.54) is 0 Å². The molecule has 114 valence electrons. The lowest BCUT2D eigenvalue weighted by molar-refractivity contribution is -0.146. The van der Waals surface area contributed by atoms with Crippen molar-refractivity contribution in [3.8, 4) is 0 Å². The maximum absolute atomic E-state index is 12.6. The van der Waals surface area contributed by atoms with Gasteiger partial charge in [0.15, 0.2) is 0 Å². The fraction of sp³-hybridized carbons (Fsp3) is 0.412. The van der Waals surface area contributed by atoms with Crippen LogP contribution in [0.2, 0.25) is 0 Å². The Morgan fingerprint density at radius 3 is 2.95 bits per heavy atom. The molecule has 4 rings (SSSR count). The molecule has 5 heteroatoms. The van der Waals surface area contributed by atoms with Crippen molar-refractivity contribution in [2.24, 2.45) is 7.05 Å². The zero-order valence-corrected chi connectivity index (χ0v) is 12.6. The van der Waals surface area contributed by atoms with Gasteiger partial charge in [-0.2, -0.15) is 0 Å². The fourth-order valence-corrected chi connectivity index (χ4v) is 3.78. The number of aryl methyl sites for hydroxylation is 1. The number of hydrogen-bond acceptors (Lipinski definition) is 2. The summed E-state index contributed by atoms with van der Waals surface area (Å²) in [5.41, 5.74) is 2.25. The number of amides is 2. The van der Waals surface area contributed by atoms with Crippen molar-refractivity contribution < 1.29 is 9.59 Å². The molecule has 0 spiro atoms. The Balaban J connectivity index is 1.65. The first-order valence-corrected chi connectivity index (χ1v) is 7.79. The third-order valence-electron chi connectivity index (χ3n) is 4.86. The van der Waals surface area contributed by atoms with Crippen LogP contribution >= 0.6 is 0 Å². The summed E-state index contributed by atoms with van der Waals surface area (Å²) < 4.78 is 2.07. The second-order valence-electron chi connectivity index (χ2n) is 6.24. The predicted molar refractivity (Wildman–Crippen MR) is 83.3 cm³/mol. The highest BCUT2D eigenvalue weighted by Gasteiger charge is 2.42. The highest BCUT2D eigenvalue weighted by atomic mass is 16.2. The lowest BCUT2D eigenvalue weighted by Gasteiger charge is -2.34. The molecule has 0 unspecified atom stereocenters. The van der Waals surface area contributed by atoms with Crippen LogP contribution < -0.4 is 5.32 Å². The number of piperazine rings is 1. The topological polar surface area (TPSA) is 54.3 Å². The molecule has 1 N–H and O–H groups in total. The second kappa shape index (κ2) is 4.87. The number of para-hydroxylation sites is 1. The van der Waals surface area contributed by atoms with Gasteiger partial charge in [0.25, 0.3) is 0 Å². The van der Waals surface area contributed by atoms with Crippen LogP contribution in [0.15, 0.2) is 30.5 Å². The number of aromatic nitrogens is 1. The van der Waals surface area contributed by atoms with E-state index >= 15 is 0 Å². The first-order chi connectivity index (χ1) is 10.6. The third kappa shape index (κ3) is 1.92. The molecule has 2 atom stereocenters. The smallest absolute Gasteiger partial charge is 0.246 e. The molecule has 2 saturated heterocycles. The number of carbonyl (C=O) groups excluding carboxylic acids is 2. The fourth-order valence-electron chi connectivity index (χ4n) is 3.78. The molecule has 3 heterocycles. The quantitative estimate of drug-likeness (QED) is 0.906. The lowest BCUT2D eigenvalue weighted by atomic mass is 10.0. The van der Waals surface area contributed by atoms with Crippen LogP contribution in [-0.4, -0.2) is 39.9 Å². The Labute approximate surface area is 128 Å². The van der Waals surface area contributed by atoms with Crippen molar-refractivity contribution in [1.29, 1.82) is 0 Å². The lowest BCUT2D eigenvalue weighted by Crippen LogP contribution is -2.61. The predicted octanol–water partition coefficient (Wildman–Crippen LogP) is 1.21. The minimum Gasteiger partial charge on any atom is -0.350 e. The van der Waals surface area contributed by atoms with Gasteiger partial charge in [-0.15, -0.1) is 0 Å². The van der Waals surface area contributed by atoms with Gasteiger partial charge in [0.2, 0.25) is 11.8 Å². The van der Waals surface area contributed by atoms with Gasteiger partial charge in [-0.3, -0.25) is 9.59 Å². The average Bonchev–Trinajstić information content (AvgIpc) is 3.12. The van der Waals surface area contributed by atoms with E-state index in [0.717, 1.165) is 29.3 Å². The first-order valence-electron chi connectivity index (χ1n) is 7.79. The number of benzene rings is 1. The second-order valence-corrected chi connectivity index (χ2v) is 6.24. The van der Waals surface area contributed by atoms with E-state index in [-0.39, 0.29) is 17.9 Å². The third-order valence-corrected chi connectivity index (χ3v) is 4.86. The van der Waals surface area contributed by atoms with Gasteiger partial charge < -0.3 is 14.8 Å². The van der Waals surface area contributed by atoms with Gasteiger partial charge in [-0.05, 0) is 24.5 Å². The van der Waals surface area contributed by atoms with Gasteiger partial charge in [0, 0.05) is 37.1 Å². The summed E-state index contributed by atoms with van der Waals surface area (Å²) in [5, 5.41) is 4.07. The molecule has 1 aromatic heterocycles. The van der Waals surface area contributed by atoms with E-state index in [1.54, 1.807) is 4.90 Å². The van der Waals surface area contributed by atoms with E-state index in [1.807, 2.05) is 19.2 Å². The molecule has 2 aliphatic rings. The molecule has 0 radical (unpaired) electrons. The minimum absolute atomic E-state index is 0.00216. The van der Waals surface area contributed by atoms with E-state index in [0.29, 0.717) is 13.0 Å². The minimum atomic E-state index is -0.437. The molecule has 0 saturated carbocycles. The van der Waals surface area contributed by atoms with Crippen molar-refractivity contribution in [2.45, 2.75) is 31.3 Å². The molecule has 0 aliphatic carbocycles. The average molecular weight is 297 g/mol. The summed E-state index contributed by atoms with van der Waals surface area (Å²) in [6, 6.07) is 7.47. The van der Waals surface area contributed by atoms with Crippen molar-refractivity contribution >= 4 is 22.7 Å². The number of nitrogens with zero attached hydrogens (tertiary/aromatic N) is 2. The highest BCUT2D eigenvalue weighted by molar-refractivity contribution is 5.98. The van der Waals surface area contributed by atoms with E-state index in [2.05, 4.69) is 28.2 Å². The van der Waals surface area contributed by atoms with Crippen LogP contribution in [0.5, 0.6) is 0 Å². The summed E-state index contributed by atoms with van der Waals surface area (Å²) >= 11 is 0. The van der Waals surface area contributed by atoms with Gasteiger partial charge in [0.05, 0.1) is 0 Å². The Morgan fingerprint density at radius 2 is 2.09 bits per heavy atom. The van der Waals surface area contributed by atoms with Crippen LogP contribution in [0.4, 0.5) is 0 Å². The summed E-state index contributed by atoms with van der Waals surface area (Å²) in [7, 11) is 2.00. The summed E-state index contributed by atoms with van der Waals surface area (Å²) in [5.74, 6) is 0.0670.